The summed E-state index contributed by atoms with van der Waals surface area (Å²) >= 11 is 0. The van der Waals surface area contributed by atoms with Crippen LogP contribution in [0.5, 0.6) is 0 Å². The van der Waals surface area contributed by atoms with Gasteiger partial charge in [0.1, 0.15) is 12.6 Å². The van der Waals surface area contributed by atoms with Crippen molar-refractivity contribution in [1.82, 2.24) is 9.13 Å². The number of unbranched alkanes of at least 4 members (excludes halogenated alkanes) is 1. The van der Waals surface area contributed by atoms with E-state index in [2.05, 4.69) is 69.8 Å². The number of carbonyl (C=O) groups excluding carboxylic acids is 2. The van der Waals surface area contributed by atoms with Gasteiger partial charge in [-0.25, -0.2) is 0 Å². The Balaban J connectivity index is 1.30. The van der Waals surface area contributed by atoms with Crippen LogP contribution >= 0.6 is 0 Å². The highest BCUT2D eigenvalue weighted by atomic mass is 16.1. The molecule has 0 spiro atoms. The van der Waals surface area contributed by atoms with Crippen molar-refractivity contribution in [3.05, 3.63) is 96.1 Å². The van der Waals surface area contributed by atoms with Crippen LogP contribution in [0.15, 0.2) is 84.9 Å². The van der Waals surface area contributed by atoms with Gasteiger partial charge in [0.15, 0.2) is 0 Å². The predicted molar refractivity (Wildman–Crippen MR) is 139 cm³/mol. The zero-order chi connectivity index (χ0) is 23.1. The fourth-order valence-electron chi connectivity index (χ4n) is 5.31. The van der Waals surface area contributed by atoms with E-state index < -0.39 is 0 Å². The summed E-state index contributed by atoms with van der Waals surface area (Å²) in [6, 6.07) is 28.8. The average molecular weight is 445 g/mol. The Hall–Kier alpha value is -4.18. The maximum atomic E-state index is 11.3. The lowest BCUT2D eigenvalue weighted by molar-refractivity contribution is 0.111. The van der Waals surface area contributed by atoms with Crippen molar-refractivity contribution < 1.29 is 9.59 Å². The van der Waals surface area contributed by atoms with Crippen molar-refractivity contribution in [1.29, 1.82) is 0 Å². The second-order valence-electron chi connectivity index (χ2n) is 8.83. The number of aryl methyl sites for hydroxylation is 2. The van der Waals surface area contributed by atoms with Gasteiger partial charge >= 0.3 is 0 Å². The van der Waals surface area contributed by atoms with E-state index >= 15 is 0 Å². The maximum absolute atomic E-state index is 11.3. The van der Waals surface area contributed by atoms with Crippen LogP contribution in [0.4, 0.5) is 0 Å². The predicted octanol–water partition coefficient (Wildman–Crippen LogP) is 7.01. The Morgan fingerprint density at radius 1 is 0.500 bits per heavy atom. The fourth-order valence-corrected chi connectivity index (χ4v) is 5.31. The number of para-hydroxylation sites is 2. The van der Waals surface area contributed by atoms with Gasteiger partial charge in [-0.3, -0.25) is 9.59 Å². The molecule has 166 valence electrons. The number of hydrogen-bond acceptors (Lipinski definition) is 2. The molecule has 2 aromatic heterocycles. The molecule has 0 saturated carbocycles. The molecular weight excluding hydrogens is 420 g/mol. The maximum Gasteiger partial charge on any atom is 0.150 e. The molecule has 0 unspecified atom stereocenters. The van der Waals surface area contributed by atoms with Gasteiger partial charge in [-0.2, -0.15) is 0 Å². The molecule has 0 fully saturated rings. The summed E-state index contributed by atoms with van der Waals surface area (Å²) in [6.45, 7) is 1.83. The van der Waals surface area contributed by atoms with Gasteiger partial charge in [-0.1, -0.05) is 36.4 Å². The zero-order valence-corrected chi connectivity index (χ0v) is 18.8. The Morgan fingerprint density at radius 2 is 0.912 bits per heavy atom. The second kappa shape index (κ2) is 8.31. The summed E-state index contributed by atoms with van der Waals surface area (Å²) in [5.41, 5.74) is 6.17. The number of rotatable bonds is 7. The molecule has 0 aliphatic rings. The molecule has 0 bridgehead atoms. The van der Waals surface area contributed by atoms with Crippen molar-refractivity contribution in [2.75, 3.05) is 0 Å². The average Bonchev–Trinajstić information content (AvgIpc) is 3.38. The molecule has 6 aromatic rings. The van der Waals surface area contributed by atoms with Gasteiger partial charge in [0.2, 0.25) is 0 Å². The topological polar surface area (TPSA) is 44.0 Å². The summed E-state index contributed by atoms with van der Waals surface area (Å²) in [7, 11) is 0. The third-order valence-corrected chi connectivity index (χ3v) is 6.88. The normalized spacial score (nSPS) is 11.6. The van der Waals surface area contributed by atoms with E-state index in [1.165, 1.54) is 32.8 Å². The SMILES string of the molecule is O=Cc1ccc2c(c1)c1ccccc1n2CCCCn1c2ccccc2c2cc(C=O)ccc21. The van der Waals surface area contributed by atoms with Crippen LogP contribution in [0.3, 0.4) is 0 Å². The molecule has 34 heavy (non-hydrogen) atoms. The monoisotopic (exact) mass is 444 g/mol. The molecule has 0 aliphatic carbocycles. The number of carbonyl (C=O) groups is 2. The molecular formula is C30H24N2O2. The minimum Gasteiger partial charge on any atom is -0.340 e. The first-order chi connectivity index (χ1) is 16.8. The Kier molecular flexibility index (Phi) is 4.99. The highest BCUT2D eigenvalue weighted by Crippen LogP contribution is 2.31. The van der Waals surface area contributed by atoms with Gasteiger partial charge in [-0.05, 0) is 61.4 Å². The highest BCUT2D eigenvalue weighted by molar-refractivity contribution is 6.10. The first kappa shape index (κ1) is 20.4. The summed E-state index contributed by atoms with van der Waals surface area (Å²) in [4.78, 5) is 22.6. The van der Waals surface area contributed by atoms with Crippen molar-refractivity contribution in [3.8, 4) is 0 Å². The molecule has 0 radical (unpaired) electrons. The lowest BCUT2D eigenvalue weighted by Crippen LogP contribution is -2.02. The zero-order valence-electron chi connectivity index (χ0n) is 18.8. The van der Waals surface area contributed by atoms with E-state index in [-0.39, 0.29) is 0 Å². The standard InChI is InChI=1S/C30H24N2O2/c33-19-21-11-13-29-25(17-21)23-7-1-3-9-27(23)31(29)15-5-6-16-32-28-10-4-2-8-24(28)26-18-22(20-34)12-14-30(26)32/h1-4,7-14,17-20H,5-6,15-16H2. The number of benzene rings is 4. The Labute approximate surface area is 197 Å². The molecule has 0 atom stereocenters. The lowest BCUT2D eigenvalue weighted by Gasteiger charge is -2.10. The summed E-state index contributed by atoms with van der Waals surface area (Å²) in [5.74, 6) is 0. The van der Waals surface area contributed by atoms with Crippen LogP contribution in [0.2, 0.25) is 0 Å². The van der Waals surface area contributed by atoms with E-state index in [1.807, 2.05) is 24.3 Å². The first-order valence-corrected chi connectivity index (χ1v) is 11.7. The molecule has 0 N–H and O–H groups in total. The van der Waals surface area contributed by atoms with Crippen LogP contribution in [0.1, 0.15) is 33.6 Å². The third-order valence-electron chi connectivity index (χ3n) is 6.88. The molecule has 2 heterocycles. The largest absolute Gasteiger partial charge is 0.340 e. The van der Waals surface area contributed by atoms with Gasteiger partial charge in [0, 0.05) is 67.8 Å². The second-order valence-corrected chi connectivity index (χ2v) is 8.83. The van der Waals surface area contributed by atoms with Crippen molar-refractivity contribution in [2.45, 2.75) is 25.9 Å². The van der Waals surface area contributed by atoms with Crippen molar-refractivity contribution >= 4 is 56.2 Å². The van der Waals surface area contributed by atoms with Crippen molar-refractivity contribution in [2.24, 2.45) is 0 Å². The first-order valence-electron chi connectivity index (χ1n) is 11.7. The number of aromatic nitrogens is 2. The van der Waals surface area contributed by atoms with Gasteiger partial charge in [0.25, 0.3) is 0 Å². The minimum absolute atomic E-state index is 0.708. The number of aldehydes is 2. The molecule has 6 rings (SSSR count). The van der Waals surface area contributed by atoms with Gasteiger partial charge in [-0.15, -0.1) is 0 Å². The molecule has 0 amide bonds. The van der Waals surface area contributed by atoms with Crippen molar-refractivity contribution in [3.63, 3.8) is 0 Å². The summed E-state index contributed by atoms with van der Waals surface area (Å²) in [6.07, 6.45) is 3.89. The quantitative estimate of drug-likeness (QED) is 0.196. The van der Waals surface area contributed by atoms with E-state index in [0.29, 0.717) is 11.1 Å². The molecule has 4 heteroatoms. The Morgan fingerprint density at radius 3 is 1.35 bits per heavy atom. The van der Waals surface area contributed by atoms with Crippen LogP contribution in [0.25, 0.3) is 43.6 Å². The van der Waals surface area contributed by atoms with E-state index in [4.69, 9.17) is 0 Å². The van der Waals surface area contributed by atoms with Gasteiger partial charge in [0.05, 0.1) is 0 Å². The molecule has 0 saturated heterocycles. The number of hydrogen-bond donors (Lipinski definition) is 0. The van der Waals surface area contributed by atoms with E-state index in [9.17, 15) is 9.59 Å². The van der Waals surface area contributed by atoms with E-state index in [1.54, 1.807) is 0 Å². The molecule has 4 aromatic carbocycles. The smallest absolute Gasteiger partial charge is 0.150 e. The lowest BCUT2D eigenvalue weighted by atomic mass is 10.1. The van der Waals surface area contributed by atoms with E-state index in [0.717, 1.165) is 49.3 Å². The number of fused-ring (bicyclic) bond motifs is 6. The molecule has 0 aliphatic heterocycles. The summed E-state index contributed by atoms with van der Waals surface area (Å²) in [5, 5.41) is 4.64. The number of nitrogens with zero attached hydrogens (tertiary/aromatic N) is 2. The highest BCUT2D eigenvalue weighted by Gasteiger charge is 2.13. The van der Waals surface area contributed by atoms with Crippen LogP contribution in [-0.2, 0) is 13.1 Å². The van der Waals surface area contributed by atoms with Gasteiger partial charge < -0.3 is 9.13 Å². The molecule has 4 nitrogen and oxygen atoms in total. The fraction of sp³-hybridized carbons (Fsp3) is 0.133. The minimum atomic E-state index is 0.708. The van der Waals surface area contributed by atoms with Crippen LogP contribution < -0.4 is 0 Å². The van der Waals surface area contributed by atoms with Crippen LogP contribution in [0, 0.1) is 0 Å². The summed E-state index contributed by atoms with van der Waals surface area (Å²) < 4.78 is 4.75. The third kappa shape index (κ3) is 3.22. The van der Waals surface area contributed by atoms with Crippen LogP contribution in [-0.4, -0.2) is 21.7 Å². The Bertz CT molecular complexity index is 1580.